The van der Waals surface area contributed by atoms with Gasteiger partial charge in [0.15, 0.2) is 0 Å². The molecule has 2 aromatic carbocycles. The predicted molar refractivity (Wildman–Crippen MR) is 110 cm³/mol. The molecule has 0 radical (unpaired) electrons. The molecule has 1 saturated carbocycles. The number of ether oxygens (including phenoxy) is 1. The minimum atomic E-state index is -4.87. The zero-order valence-corrected chi connectivity index (χ0v) is 17.5. The van der Waals surface area contributed by atoms with Gasteiger partial charge in [0, 0.05) is 11.6 Å². The van der Waals surface area contributed by atoms with Crippen LogP contribution in [0.15, 0.2) is 42.5 Å². The van der Waals surface area contributed by atoms with Crippen LogP contribution in [0.4, 0.5) is 22.0 Å². The summed E-state index contributed by atoms with van der Waals surface area (Å²) in [6.07, 6.45) is -0.622. The number of alkyl halides is 5. The molecule has 1 unspecified atom stereocenters. The van der Waals surface area contributed by atoms with Crippen molar-refractivity contribution in [2.24, 2.45) is 5.73 Å². The van der Waals surface area contributed by atoms with Crippen LogP contribution in [0.2, 0.25) is 0 Å². The zero-order valence-electron chi connectivity index (χ0n) is 17.5. The van der Waals surface area contributed by atoms with E-state index in [1.165, 1.54) is 12.1 Å². The summed E-state index contributed by atoms with van der Waals surface area (Å²) in [5, 5.41) is 2.83. The van der Waals surface area contributed by atoms with E-state index in [1.807, 2.05) is 0 Å². The van der Waals surface area contributed by atoms with Crippen LogP contribution in [0, 0.1) is 0 Å². The lowest BCUT2D eigenvalue weighted by molar-refractivity contribution is -0.138. The van der Waals surface area contributed by atoms with Crippen LogP contribution in [0.5, 0.6) is 5.75 Å². The van der Waals surface area contributed by atoms with E-state index in [1.54, 1.807) is 0 Å². The van der Waals surface area contributed by atoms with Gasteiger partial charge >= 0.3 is 12.8 Å². The molecule has 0 heterocycles. The van der Waals surface area contributed by atoms with Crippen molar-refractivity contribution >= 4 is 11.8 Å². The van der Waals surface area contributed by atoms with Crippen molar-refractivity contribution < 1.29 is 36.3 Å². The molecule has 1 fully saturated rings. The summed E-state index contributed by atoms with van der Waals surface area (Å²) in [4.78, 5) is 24.7. The molecule has 3 rings (SSSR count). The van der Waals surface area contributed by atoms with Crippen molar-refractivity contribution in [2.45, 2.75) is 56.9 Å². The van der Waals surface area contributed by atoms with Gasteiger partial charge in [-0.3, -0.25) is 9.59 Å². The maximum Gasteiger partial charge on any atom is 0.416 e. The third-order valence-corrected chi connectivity index (χ3v) is 5.61. The SMILES string of the molecule is NC(=O)c1ccc(C(C(=O)NC2CCCCC2)c2ccc(OC(F)F)cc2)c(C(F)(F)F)c1. The highest BCUT2D eigenvalue weighted by molar-refractivity contribution is 5.94. The summed E-state index contributed by atoms with van der Waals surface area (Å²) < 4.78 is 71.0. The molecule has 0 saturated heterocycles. The van der Waals surface area contributed by atoms with E-state index in [2.05, 4.69) is 10.1 Å². The second-order valence-electron chi connectivity index (χ2n) is 7.89. The molecule has 0 bridgehead atoms. The highest BCUT2D eigenvalue weighted by Gasteiger charge is 2.38. The van der Waals surface area contributed by atoms with Crippen molar-refractivity contribution in [3.05, 3.63) is 64.7 Å². The molecule has 178 valence electrons. The van der Waals surface area contributed by atoms with Crippen LogP contribution in [-0.4, -0.2) is 24.5 Å². The number of primary amides is 1. The fraction of sp³-hybridized carbons (Fsp3) is 0.391. The number of hydrogen-bond donors (Lipinski definition) is 2. The summed E-state index contributed by atoms with van der Waals surface area (Å²) >= 11 is 0. The Kier molecular flexibility index (Phi) is 7.55. The van der Waals surface area contributed by atoms with Gasteiger partial charge < -0.3 is 15.8 Å². The molecule has 33 heavy (non-hydrogen) atoms. The van der Waals surface area contributed by atoms with E-state index >= 15 is 0 Å². The lowest BCUT2D eigenvalue weighted by atomic mass is 9.85. The molecule has 2 amide bonds. The van der Waals surface area contributed by atoms with E-state index in [4.69, 9.17) is 5.73 Å². The number of carbonyl (C=O) groups excluding carboxylic acids is 2. The van der Waals surface area contributed by atoms with Crippen LogP contribution < -0.4 is 15.8 Å². The highest BCUT2D eigenvalue weighted by atomic mass is 19.4. The van der Waals surface area contributed by atoms with Gasteiger partial charge in [0.2, 0.25) is 11.8 Å². The Morgan fingerprint density at radius 3 is 2.18 bits per heavy atom. The predicted octanol–water partition coefficient (Wildman–Crippen LogP) is 4.99. The minimum absolute atomic E-state index is 0.155. The van der Waals surface area contributed by atoms with Crippen molar-refractivity contribution in [3.63, 3.8) is 0 Å². The first-order chi connectivity index (χ1) is 15.6. The van der Waals surface area contributed by atoms with Gasteiger partial charge in [-0.25, -0.2) is 0 Å². The average Bonchev–Trinajstić information content (AvgIpc) is 2.75. The van der Waals surface area contributed by atoms with Crippen LogP contribution in [0.3, 0.4) is 0 Å². The Labute approximate surface area is 187 Å². The zero-order chi connectivity index (χ0) is 24.2. The number of nitrogens with one attached hydrogen (secondary N) is 1. The highest BCUT2D eigenvalue weighted by Crippen LogP contribution is 2.39. The monoisotopic (exact) mass is 470 g/mol. The van der Waals surface area contributed by atoms with Gasteiger partial charge in [0.1, 0.15) is 5.75 Å². The molecule has 1 aliphatic carbocycles. The van der Waals surface area contributed by atoms with Crippen LogP contribution in [-0.2, 0) is 11.0 Å². The smallest absolute Gasteiger partial charge is 0.416 e. The molecule has 5 nitrogen and oxygen atoms in total. The molecular weight excluding hydrogens is 447 g/mol. The number of amides is 2. The molecule has 0 aliphatic heterocycles. The Balaban J connectivity index is 2.06. The number of carbonyl (C=O) groups is 2. The molecule has 0 spiro atoms. The number of nitrogens with two attached hydrogens (primary N) is 1. The Morgan fingerprint density at radius 1 is 1.00 bits per heavy atom. The van der Waals surface area contributed by atoms with Crippen molar-refractivity contribution in [1.82, 2.24) is 5.32 Å². The first-order valence-corrected chi connectivity index (χ1v) is 10.4. The van der Waals surface area contributed by atoms with Gasteiger partial charge in [-0.1, -0.05) is 37.5 Å². The van der Waals surface area contributed by atoms with Gasteiger partial charge in [-0.15, -0.1) is 0 Å². The fourth-order valence-electron chi connectivity index (χ4n) is 4.05. The third kappa shape index (κ3) is 6.21. The molecule has 0 aromatic heterocycles. The number of hydrogen-bond acceptors (Lipinski definition) is 3. The molecule has 1 atom stereocenters. The molecule has 2 aromatic rings. The molecular formula is C23H23F5N2O3. The number of halogens is 5. The standard InChI is InChI=1S/C23H23F5N2O3/c24-22(25)33-16-9-6-13(7-10-16)19(21(32)30-15-4-2-1-3-5-15)17-11-8-14(20(29)31)12-18(17)23(26,27)28/h6-12,15,19,22H,1-5H2,(H2,29,31)(H,30,32). The third-order valence-electron chi connectivity index (χ3n) is 5.61. The lowest BCUT2D eigenvalue weighted by Gasteiger charge is -2.27. The largest absolute Gasteiger partial charge is 0.435 e. The van der Waals surface area contributed by atoms with Gasteiger partial charge in [0.25, 0.3) is 0 Å². The van der Waals surface area contributed by atoms with E-state index in [0.29, 0.717) is 18.9 Å². The van der Waals surface area contributed by atoms with Crippen LogP contribution >= 0.6 is 0 Å². The van der Waals surface area contributed by atoms with Gasteiger partial charge in [0.05, 0.1) is 11.5 Å². The Morgan fingerprint density at radius 2 is 1.64 bits per heavy atom. The maximum absolute atomic E-state index is 13.9. The summed E-state index contributed by atoms with van der Waals surface area (Å²) in [5.74, 6) is -3.28. The van der Waals surface area contributed by atoms with Crippen molar-refractivity contribution in [3.8, 4) is 5.75 Å². The minimum Gasteiger partial charge on any atom is -0.435 e. The lowest BCUT2D eigenvalue weighted by Crippen LogP contribution is -2.40. The normalized spacial score (nSPS) is 15.8. The maximum atomic E-state index is 13.9. The Bertz CT molecular complexity index is 987. The second kappa shape index (κ2) is 10.2. The molecule has 10 heteroatoms. The molecule has 3 N–H and O–H groups in total. The summed E-state index contributed by atoms with van der Waals surface area (Å²) in [6.45, 7) is -3.07. The van der Waals surface area contributed by atoms with E-state index in [-0.39, 0.29) is 28.5 Å². The first-order valence-electron chi connectivity index (χ1n) is 10.4. The van der Waals surface area contributed by atoms with Crippen molar-refractivity contribution in [1.29, 1.82) is 0 Å². The summed E-state index contributed by atoms with van der Waals surface area (Å²) in [6, 6.07) is 7.48. The van der Waals surface area contributed by atoms with E-state index < -0.39 is 36.1 Å². The van der Waals surface area contributed by atoms with Crippen LogP contribution in [0.25, 0.3) is 0 Å². The molecule has 1 aliphatic rings. The van der Waals surface area contributed by atoms with Crippen molar-refractivity contribution in [2.75, 3.05) is 0 Å². The number of benzene rings is 2. The first kappa shape index (κ1) is 24.5. The summed E-state index contributed by atoms with van der Waals surface area (Å²) in [7, 11) is 0. The fourth-order valence-corrected chi connectivity index (χ4v) is 4.05. The van der Waals surface area contributed by atoms with E-state index in [0.717, 1.165) is 43.5 Å². The van der Waals surface area contributed by atoms with E-state index in [9.17, 15) is 31.5 Å². The quantitative estimate of drug-likeness (QED) is 0.560. The average molecular weight is 470 g/mol. The second-order valence-corrected chi connectivity index (χ2v) is 7.89. The van der Waals surface area contributed by atoms with Crippen LogP contribution in [0.1, 0.15) is 65.1 Å². The number of rotatable bonds is 7. The topological polar surface area (TPSA) is 81.4 Å². The Hall–Kier alpha value is -3.17. The summed E-state index contributed by atoms with van der Waals surface area (Å²) in [5.41, 5.74) is 3.41. The van der Waals surface area contributed by atoms with Gasteiger partial charge in [-0.2, -0.15) is 22.0 Å². The van der Waals surface area contributed by atoms with Gasteiger partial charge in [-0.05, 0) is 48.2 Å².